The summed E-state index contributed by atoms with van der Waals surface area (Å²) in [6, 6.07) is 34.2. The second kappa shape index (κ2) is 14.1. The van der Waals surface area contributed by atoms with Gasteiger partial charge in [-0.15, -0.1) is 0 Å². The molecule has 248 valence electrons. The normalized spacial score (nSPS) is 12.2. The van der Waals surface area contributed by atoms with Crippen molar-refractivity contribution in [2.75, 3.05) is 10.6 Å². The highest BCUT2D eigenvalue weighted by atomic mass is 16.3. The Kier molecular flexibility index (Phi) is 8.97. The molecule has 0 saturated heterocycles. The van der Waals surface area contributed by atoms with Crippen LogP contribution in [0.25, 0.3) is 33.7 Å². The van der Waals surface area contributed by atoms with Crippen LogP contribution in [0.2, 0.25) is 0 Å². The molecular formula is C38H34N10O2. The summed E-state index contributed by atoms with van der Waals surface area (Å²) in [7, 11) is 0. The Morgan fingerprint density at radius 2 is 1.02 bits per heavy atom. The van der Waals surface area contributed by atoms with Gasteiger partial charge >= 0.3 is 0 Å². The van der Waals surface area contributed by atoms with Crippen LogP contribution in [0.4, 0.5) is 11.9 Å². The Morgan fingerprint density at radius 1 is 0.520 bits per heavy atom. The van der Waals surface area contributed by atoms with Gasteiger partial charge in [-0.3, -0.25) is 9.13 Å². The third-order valence-corrected chi connectivity index (χ3v) is 8.13. The van der Waals surface area contributed by atoms with E-state index in [4.69, 9.17) is 0 Å². The first-order valence-corrected chi connectivity index (χ1v) is 16.0. The highest BCUT2D eigenvalue weighted by molar-refractivity contribution is 5.79. The molecular weight excluding hydrogens is 628 g/mol. The van der Waals surface area contributed by atoms with Crippen LogP contribution in [0.3, 0.4) is 0 Å². The number of nitrogens with zero attached hydrogens (tertiary/aromatic N) is 8. The van der Waals surface area contributed by atoms with Crippen molar-refractivity contribution < 1.29 is 10.2 Å². The molecule has 0 saturated carbocycles. The first-order chi connectivity index (χ1) is 24.4. The molecule has 0 aliphatic heterocycles. The molecule has 0 aliphatic carbocycles. The molecule has 12 heteroatoms. The monoisotopic (exact) mass is 662 g/mol. The summed E-state index contributed by atoms with van der Waals surface area (Å²) >= 11 is 0. The van der Waals surface area contributed by atoms with Crippen LogP contribution < -0.4 is 10.6 Å². The minimum atomic E-state index is 0.0834. The van der Waals surface area contributed by atoms with Crippen LogP contribution in [0.5, 0.6) is 11.5 Å². The minimum absolute atomic E-state index is 0.0834. The SMILES string of the molecule is C[C@H](Nc1nccc(-n2cnc3cc(O)ccc32)n1)c1ccccc1.C[C@H](Nc1nccc(-n2cnc3ccc(O)cc32)n1)c1ccccc1. The maximum absolute atomic E-state index is 9.73. The van der Waals surface area contributed by atoms with Crippen molar-refractivity contribution in [3.05, 3.63) is 145 Å². The Morgan fingerprint density at radius 3 is 1.60 bits per heavy atom. The van der Waals surface area contributed by atoms with E-state index in [1.165, 1.54) is 5.56 Å². The number of phenolic OH excluding ortho intramolecular Hbond substituents is 2. The van der Waals surface area contributed by atoms with Crippen molar-refractivity contribution >= 4 is 34.0 Å². The summed E-state index contributed by atoms with van der Waals surface area (Å²) in [5, 5.41) is 25.9. The molecule has 0 spiro atoms. The van der Waals surface area contributed by atoms with E-state index in [0.29, 0.717) is 29.0 Å². The predicted molar refractivity (Wildman–Crippen MR) is 194 cm³/mol. The van der Waals surface area contributed by atoms with E-state index in [1.807, 2.05) is 63.7 Å². The van der Waals surface area contributed by atoms with E-state index >= 15 is 0 Å². The average Bonchev–Trinajstić information content (AvgIpc) is 3.77. The van der Waals surface area contributed by atoms with Crippen LogP contribution in [0, 0.1) is 0 Å². The van der Waals surface area contributed by atoms with Gasteiger partial charge in [0.05, 0.1) is 34.2 Å². The Bertz CT molecular complexity index is 2360. The maximum Gasteiger partial charge on any atom is 0.225 e. The summed E-state index contributed by atoms with van der Waals surface area (Å²) in [4.78, 5) is 26.5. The molecule has 0 radical (unpaired) electrons. The molecule has 0 aliphatic rings. The largest absolute Gasteiger partial charge is 0.508 e. The first-order valence-electron chi connectivity index (χ1n) is 16.0. The average molecular weight is 663 g/mol. The maximum atomic E-state index is 9.73. The number of phenols is 2. The lowest BCUT2D eigenvalue weighted by Crippen LogP contribution is -2.10. The van der Waals surface area contributed by atoms with E-state index in [2.05, 4.69) is 78.7 Å². The van der Waals surface area contributed by atoms with Crippen molar-refractivity contribution in [3.8, 4) is 23.1 Å². The zero-order valence-electron chi connectivity index (χ0n) is 27.3. The summed E-state index contributed by atoms with van der Waals surface area (Å²) in [6.07, 6.45) is 6.80. The van der Waals surface area contributed by atoms with E-state index in [1.54, 1.807) is 55.4 Å². The molecule has 4 aromatic carbocycles. The zero-order chi connectivity index (χ0) is 34.5. The van der Waals surface area contributed by atoms with Crippen LogP contribution in [0.1, 0.15) is 37.1 Å². The number of imidazole rings is 2. The van der Waals surface area contributed by atoms with E-state index < -0.39 is 0 Å². The molecule has 0 unspecified atom stereocenters. The molecule has 0 bridgehead atoms. The van der Waals surface area contributed by atoms with Gasteiger partial charge in [0, 0.05) is 24.5 Å². The van der Waals surface area contributed by atoms with Gasteiger partial charge in [-0.25, -0.2) is 19.9 Å². The fourth-order valence-electron chi connectivity index (χ4n) is 5.51. The van der Waals surface area contributed by atoms with Gasteiger partial charge in [0.1, 0.15) is 35.8 Å². The van der Waals surface area contributed by atoms with Crippen LogP contribution in [-0.4, -0.2) is 49.3 Å². The Hall–Kier alpha value is -6.82. The lowest BCUT2D eigenvalue weighted by molar-refractivity contribution is 0.475. The van der Waals surface area contributed by atoms with Gasteiger partial charge in [0.25, 0.3) is 0 Å². The number of anilines is 2. The van der Waals surface area contributed by atoms with Gasteiger partial charge in [0.15, 0.2) is 0 Å². The number of nitrogens with one attached hydrogen (secondary N) is 2. The molecule has 0 fully saturated rings. The highest BCUT2D eigenvalue weighted by Crippen LogP contribution is 2.24. The molecule has 2 atom stereocenters. The second-order valence-corrected chi connectivity index (χ2v) is 11.6. The fraction of sp³-hybridized carbons (Fsp3) is 0.105. The molecule has 12 nitrogen and oxygen atoms in total. The third-order valence-electron chi connectivity index (χ3n) is 8.13. The molecule has 4 heterocycles. The minimum Gasteiger partial charge on any atom is -0.508 e. The Labute approximate surface area is 287 Å². The van der Waals surface area contributed by atoms with E-state index in [0.717, 1.165) is 22.1 Å². The van der Waals surface area contributed by atoms with E-state index in [-0.39, 0.29) is 23.6 Å². The van der Waals surface area contributed by atoms with Crippen LogP contribution >= 0.6 is 0 Å². The second-order valence-electron chi connectivity index (χ2n) is 11.6. The molecule has 0 amide bonds. The van der Waals surface area contributed by atoms with Gasteiger partial charge in [-0.2, -0.15) is 9.97 Å². The fourth-order valence-corrected chi connectivity index (χ4v) is 5.51. The number of aromatic nitrogens is 8. The van der Waals surface area contributed by atoms with Crippen molar-refractivity contribution in [3.63, 3.8) is 0 Å². The highest BCUT2D eigenvalue weighted by Gasteiger charge is 2.12. The predicted octanol–water partition coefficient (Wildman–Crippen LogP) is 7.39. The quantitative estimate of drug-likeness (QED) is 0.130. The zero-order valence-corrected chi connectivity index (χ0v) is 27.3. The van der Waals surface area contributed by atoms with Crippen LogP contribution in [0.15, 0.2) is 134 Å². The van der Waals surface area contributed by atoms with Crippen molar-refractivity contribution in [1.29, 1.82) is 0 Å². The van der Waals surface area contributed by atoms with Gasteiger partial charge in [-0.1, -0.05) is 60.7 Å². The summed E-state index contributed by atoms with van der Waals surface area (Å²) in [5.74, 6) is 2.88. The van der Waals surface area contributed by atoms with Gasteiger partial charge in [0.2, 0.25) is 11.9 Å². The molecule has 8 rings (SSSR count). The molecule has 8 aromatic rings. The first kappa shape index (κ1) is 31.8. The molecule has 50 heavy (non-hydrogen) atoms. The topological polar surface area (TPSA) is 152 Å². The van der Waals surface area contributed by atoms with Gasteiger partial charge in [-0.05, 0) is 61.4 Å². The Balaban J connectivity index is 0.000000157. The number of rotatable bonds is 8. The summed E-state index contributed by atoms with van der Waals surface area (Å²) < 4.78 is 3.70. The summed E-state index contributed by atoms with van der Waals surface area (Å²) in [5.41, 5.74) is 5.50. The third kappa shape index (κ3) is 7.04. The van der Waals surface area contributed by atoms with Crippen molar-refractivity contribution in [1.82, 2.24) is 39.0 Å². The smallest absolute Gasteiger partial charge is 0.225 e. The number of aromatic hydroxyl groups is 2. The number of hydrogen-bond acceptors (Lipinski definition) is 10. The van der Waals surface area contributed by atoms with Crippen molar-refractivity contribution in [2.24, 2.45) is 0 Å². The number of benzene rings is 4. The number of hydrogen-bond donors (Lipinski definition) is 4. The molecule has 4 N–H and O–H groups in total. The molecule has 4 aromatic heterocycles. The lowest BCUT2D eigenvalue weighted by Gasteiger charge is -2.14. The summed E-state index contributed by atoms with van der Waals surface area (Å²) in [6.45, 7) is 4.14. The van der Waals surface area contributed by atoms with Crippen LogP contribution in [-0.2, 0) is 0 Å². The lowest BCUT2D eigenvalue weighted by atomic mass is 10.1. The number of fused-ring (bicyclic) bond motifs is 2. The van der Waals surface area contributed by atoms with E-state index in [9.17, 15) is 10.2 Å². The van der Waals surface area contributed by atoms with Crippen molar-refractivity contribution in [2.45, 2.75) is 25.9 Å². The standard InChI is InChI=1S/2C19H17N5O/c1-13(14-5-3-2-4-6-14)22-19-20-10-9-18(23-19)24-12-21-16-11-15(25)7-8-17(16)24;1-13(14-5-3-2-4-6-14)22-19-20-10-9-18(23-19)24-12-21-16-8-7-15(25)11-17(16)24/h2*2-13,25H,1H3,(H,20,22,23)/t2*13-/m00/s1. The van der Waals surface area contributed by atoms with Gasteiger partial charge < -0.3 is 20.8 Å².